The lowest BCUT2D eigenvalue weighted by Gasteiger charge is -2.05. The van der Waals surface area contributed by atoms with Gasteiger partial charge in [0.1, 0.15) is 17.3 Å². The molecule has 0 aliphatic rings. The average molecular weight is 395 g/mol. The highest BCUT2D eigenvalue weighted by molar-refractivity contribution is 7.80. The van der Waals surface area contributed by atoms with Gasteiger partial charge in [0.2, 0.25) is 0 Å². The van der Waals surface area contributed by atoms with Crippen molar-refractivity contribution in [1.82, 2.24) is 10.7 Å². The molecule has 0 saturated carbocycles. The number of hydrogen-bond acceptors (Lipinski definition) is 6. The second-order valence-electron chi connectivity index (χ2n) is 5.47. The van der Waals surface area contributed by atoms with E-state index in [-0.39, 0.29) is 0 Å². The van der Waals surface area contributed by atoms with Crippen molar-refractivity contribution < 1.29 is 18.4 Å². The first-order valence-corrected chi connectivity index (χ1v) is 8.72. The number of carbonyl (C=O) groups is 1. The molecule has 7 nitrogen and oxygen atoms in total. The van der Waals surface area contributed by atoms with Gasteiger partial charge in [-0.05, 0) is 72.4 Å². The van der Waals surface area contributed by atoms with Crippen LogP contribution in [0, 0.1) is 0 Å². The summed E-state index contributed by atoms with van der Waals surface area (Å²) in [7, 11) is 0. The van der Waals surface area contributed by atoms with Crippen LogP contribution in [0.4, 0.5) is 0 Å². The highest BCUT2D eigenvalue weighted by atomic mass is 32.1. The van der Waals surface area contributed by atoms with Gasteiger partial charge < -0.3 is 18.9 Å². The maximum atomic E-state index is 11.8. The molecule has 2 N–H and O–H groups in total. The number of esters is 1. The molecule has 8 heteroatoms. The van der Waals surface area contributed by atoms with E-state index in [1.807, 2.05) is 12.1 Å². The summed E-state index contributed by atoms with van der Waals surface area (Å²) in [5.41, 5.74) is 3.53. The highest BCUT2D eigenvalue weighted by Crippen LogP contribution is 2.12. The quantitative estimate of drug-likeness (QED) is 0.158. The van der Waals surface area contributed by atoms with Crippen molar-refractivity contribution in [2.24, 2.45) is 5.10 Å². The lowest BCUT2D eigenvalue weighted by Crippen LogP contribution is -2.31. The zero-order valence-corrected chi connectivity index (χ0v) is 15.5. The fraction of sp³-hybridized carbons (Fsp3) is 0.0500. The largest absolute Gasteiger partial charge is 0.467 e. The van der Waals surface area contributed by atoms with Crippen LogP contribution in [0.5, 0.6) is 5.75 Å². The van der Waals surface area contributed by atoms with E-state index < -0.39 is 5.97 Å². The summed E-state index contributed by atoms with van der Waals surface area (Å²) in [5, 5.41) is 7.39. The number of ether oxygens (including phenoxy) is 1. The third-order valence-electron chi connectivity index (χ3n) is 3.41. The Morgan fingerprint density at radius 1 is 1.11 bits per heavy atom. The van der Waals surface area contributed by atoms with Gasteiger partial charge in [0, 0.05) is 6.08 Å². The third kappa shape index (κ3) is 6.26. The van der Waals surface area contributed by atoms with E-state index >= 15 is 0 Å². The van der Waals surface area contributed by atoms with Crippen molar-refractivity contribution in [3.8, 4) is 5.75 Å². The highest BCUT2D eigenvalue weighted by Gasteiger charge is 2.01. The van der Waals surface area contributed by atoms with Gasteiger partial charge in [-0.15, -0.1) is 0 Å². The van der Waals surface area contributed by atoms with E-state index in [0.29, 0.717) is 23.2 Å². The summed E-state index contributed by atoms with van der Waals surface area (Å²) in [5.74, 6) is 1.28. The number of hydrogen-bond donors (Lipinski definition) is 2. The second-order valence-corrected chi connectivity index (χ2v) is 5.88. The van der Waals surface area contributed by atoms with Crippen LogP contribution in [-0.4, -0.2) is 17.3 Å². The minimum absolute atomic E-state index is 0.376. The summed E-state index contributed by atoms with van der Waals surface area (Å²) in [6.07, 6.45) is 7.57. The van der Waals surface area contributed by atoms with Crippen molar-refractivity contribution in [3.63, 3.8) is 0 Å². The van der Waals surface area contributed by atoms with Crippen molar-refractivity contribution in [2.75, 3.05) is 0 Å². The van der Waals surface area contributed by atoms with Crippen LogP contribution >= 0.6 is 12.2 Å². The van der Waals surface area contributed by atoms with Crippen molar-refractivity contribution >= 4 is 35.6 Å². The number of hydrazone groups is 1. The third-order valence-corrected chi connectivity index (χ3v) is 3.64. The van der Waals surface area contributed by atoms with Gasteiger partial charge >= 0.3 is 5.97 Å². The Labute approximate surface area is 166 Å². The normalized spacial score (nSPS) is 11.0. The number of thiocarbonyl (C=S) groups is 1. The molecule has 0 unspecified atom stereocenters. The standard InChI is InChI=1S/C20H17N3O4S/c24-19(10-9-16-3-1-11-25-16)27-17-7-5-15(6-8-17)13-22-23-20(28)21-14-18-4-2-12-26-18/h1-13H,14H2,(H2,21,23,28)/b10-9+,22-13+. The van der Waals surface area contributed by atoms with Crippen molar-refractivity contribution in [3.05, 3.63) is 84.2 Å². The van der Waals surface area contributed by atoms with Crippen LogP contribution in [-0.2, 0) is 11.3 Å². The summed E-state index contributed by atoms with van der Waals surface area (Å²) in [6, 6.07) is 14.0. The lowest BCUT2D eigenvalue weighted by molar-refractivity contribution is -0.128. The molecule has 0 atom stereocenters. The smallest absolute Gasteiger partial charge is 0.336 e. The molecule has 1 aromatic carbocycles. The predicted octanol–water partition coefficient (Wildman–Crippen LogP) is 3.49. The molecule has 142 valence electrons. The molecule has 0 bridgehead atoms. The number of carbonyl (C=O) groups excluding carboxylic acids is 1. The average Bonchev–Trinajstić information content (AvgIpc) is 3.40. The summed E-state index contributed by atoms with van der Waals surface area (Å²) < 4.78 is 15.5. The van der Waals surface area contributed by atoms with Crippen LogP contribution in [0.25, 0.3) is 6.08 Å². The Kier molecular flexibility index (Phi) is 6.75. The summed E-state index contributed by atoms with van der Waals surface area (Å²) >= 11 is 5.12. The van der Waals surface area contributed by atoms with E-state index in [0.717, 1.165) is 11.3 Å². The van der Waals surface area contributed by atoms with Gasteiger partial charge in [0.15, 0.2) is 5.11 Å². The second kappa shape index (κ2) is 9.89. The molecule has 28 heavy (non-hydrogen) atoms. The zero-order chi connectivity index (χ0) is 19.6. The van der Waals surface area contributed by atoms with Crippen molar-refractivity contribution in [1.29, 1.82) is 0 Å². The summed E-state index contributed by atoms with van der Waals surface area (Å²) in [4.78, 5) is 11.8. The first-order valence-electron chi connectivity index (χ1n) is 8.32. The number of nitrogens with one attached hydrogen (secondary N) is 2. The predicted molar refractivity (Wildman–Crippen MR) is 109 cm³/mol. The Hall–Kier alpha value is -3.65. The Morgan fingerprint density at radius 2 is 1.89 bits per heavy atom. The minimum atomic E-state index is -0.493. The van der Waals surface area contributed by atoms with E-state index in [1.54, 1.807) is 48.9 Å². The first kappa shape index (κ1) is 19.1. The molecule has 0 saturated heterocycles. The van der Waals surface area contributed by atoms with Crippen molar-refractivity contribution in [2.45, 2.75) is 6.54 Å². The molecule has 0 fully saturated rings. The fourth-order valence-corrected chi connectivity index (χ4v) is 2.22. The van der Waals surface area contributed by atoms with Crippen LogP contribution < -0.4 is 15.5 Å². The molecule has 2 aromatic heterocycles. The molecule has 0 aliphatic carbocycles. The first-order chi connectivity index (χ1) is 13.7. The van der Waals surface area contributed by atoms with Gasteiger partial charge in [-0.25, -0.2) is 4.79 Å². The Morgan fingerprint density at radius 3 is 2.61 bits per heavy atom. The van der Waals surface area contributed by atoms with Crippen LogP contribution in [0.2, 0.25) is 0 Å². The maximum absolute atomic E-state index is 11.8. The fourth-order valence-electron chi connectivity index (χ4n) is 2.09. The van der Waals surface area contributed by atoms with Gasteiger partial charge in [-0.1, -0.05) is 0 Å². The van der Waals surface area contributed by atoms with Gasteiger partial charge in [0.05, 0.1) is 25.3 Å². The molecule has 2 heterocycles. The van der Waals surface area contributed by atoms with Gasteiger partial charge in [0.25, 0.3) is 0 Å². The summed E-state index contributed by atoms with van der Waals surface area (Å²) in [6.45, 7) is 0.475. The van der Waals surface area contributed by atoms with Gasteiger partial charge in [-0.2, -0.15) is 5.10 Å². The number of nitrogens with zero attached hydrogens (tertiary/aromatic N) is 1. The maximum Gasteiger partial charge on any atom is 0.336 e. The topological polar surface area (TPSA) is 89.0 Å². The van der Waals surface area contributed by atoms with E-state index in [4.69, 9.17) is 25.8 Å². The molecular weight excluding hydrogens is 378 g/mol. The Balaban J connectivity index is 1.42. The number of furan rings is 2. The van der Waals surface area contributed by atoms with E-state index in [9.17, 15) is 4.79 Å². The van der Waals surface area contributed by atoms with Crippen LogP contribution in [0.15, 0.2) is 81.1 Å². The van der Waals surface area contributed by atoms with Crippen LogP contribution in [0.1, 0.15) is 17.1 Å². The molecule has 0 radical (unpaired) electrons. The lowest BCUT2D eigenvalue weighted by atomic mass is 10.2. The molecule has 3 rings (SSSR count). The monoisotopic (exact) mass is 395 g/mol. The van der Waals surface area contributed by atoms with Crippen LogP contribution in [0.3, 0.4) is 0 Å². The molecule has 3 aromatic rings. The number of benzene rings is 1. The van der Waals surface area contributed by atoms with E-state index in [1.165, 1.54) is 18.4 Å². The molecule has 0 aliphatic heterocycles. The van der Waals surface area contributed by atoms with Gasteiger partial charge in [-0.3, -0.25) is 5.43 Å². The molecule has 0 amide bonds. The number of rotatable bonds is 7. The van der Waals surface area contributed by atoms with E-state index in [2.05, 4.69) is 15.8 Å². The zero-order valence-electron chi connectivity index (χ0n) is 14.7. The molecular formula is C20H17N3O4S. The Bertz CT molecular complexity index is 946. The minimum Gasteiger partial charge on any atom is -0.467 e. The SMILES string of the molecule is O=C(/C=C/c1ccco1)Oc1ccc(/C=N/NC(=S)NCc2ccco2)cc1. The molecule has 0 spiro atoms.